The van der Waals surface area contributed by atoms with Crippen LogP contribution in [0.5, 0.6) is 0 Å². The van der Waals surface area contributed by atoms with Crippen molar-refractivity contribution in [2.75, 3.05) is 36.4 Å². The van der Waals surface area contributed by atoms with Gasteiger partial charge in [0.1, 0.15) is 0 Å². The number of rotatable bonds is 9. The van der Waals surface area contributed by atoms with E-state index >= 15 is 0 Å². The quantitative estimate of drug-likeness (QED) is 0.178. The van der Waals surface area contributed by atoms with E-state index in [0.717, 1.165) is 11.1 Å². The van der Waals surface area contributed by atoms with Gasteiger partial charge in [0.2, 0.25) is 16.0 Å². The second-order valence-corrected chi connectivity index (χ2v) is 12.9. The Labute approximate surface area is 259 Å². The van der Waals surface area contributed by atoms with Crippen molar-refractivity contribution in [3.8, 4) is 0 Å². The molecule has 0 spiro atoms. The summed E-state index contributed by atoms with van der Waals surface area (Å²) in [5, 5.41) is 15.0. The lowest BCUT2D eigenvalue weighted by atomic mass is 10.1. The zero-order valence-corrected chi connectivity index (χ0v) is 25.4. The molecule has 0 bridgehead atoms. The van der Waals surface area contributed by atoms with Crippen molar-refractivity contribution in [3.63, 3.8) is 0 Å². The van der Waals surface area contributed by atoms with Crippen LogP contribution in [-0.4, -0.2) is 63.3 Å². The highest BCUT2D eigenvalue weighted by Gasteiger charge is 2.30. The van der Waals surface area contributed by atoms with E-state index in [4.69, 9.17) is 21.6 Å². The molecule has 12 nitrogen and oxygen atoms in total. The van der Waals surface area contributed by atoms with E-state index in [1.165, 1.54) is 34.1 Å². The third-order valence-electron chi connectivity index (χ3n) is 7.51. The highest BCUT2D eigenvalue weighted by Crippen LogP contribution is 2.26. The zero-order valence-electron chi connectivity index (χ0n) is 23.8. The molecule has 0 atom stereocenters. The summed E-state index contributed by atoms with van der Waals surface area (Å²) in [4.78, 5) is 27.1. The van der Waals surface area contributed by atoms with Crippen molar-refractivity contribution >= 4 is 50.2 Å². The molecule has 44 heavy (non-hydrogen) atoms. The molecule has 1 N–H and O–H groups in total. The molecule has 5 aromatic rings. The average molecular weight is 633 g/mol. The van der Waals surface area contributed by atoms with Crippen LogP contribution in [0.25, 0.3) is 11.2 Å². The number of benzene rings is 3. The van der Waals surface area contributed by atoms with Crippen molar-refractivity contribution in [2.45, 2.75) is 24.9 Å². The van der Waals surface area contributed by atoms with Gasteiger partial charge < -0.3 is 14.8 Å². The molecule has 1 saturated heterocycles. The van der Waals surface area contributed by atoms with Gasteiger partial charge in [-0.25, -0.2) is 13.4 Å². The van der Waals surface area contributed by atoms with Crippen LogP contribution in [0.4, 0.5) is 17.5 Å². The smallest absolute Gasteiger partial charge is 0.269 e. The van der Waals surface area contributed by atoms with Gasteiger partial charge in [0.15, 0.2) is 17.0 Å². The molecule has 1 aliphatic rings. The molecular weight excluding hydrogens is 604 g/mol. The molecule has 1 fully saturated rings. The molecule has 226 valence electrons. The largest absolute Gasteiger partial charge is 0.364 e. The number of imidazole rings is 1. The number of nitro groups is 1. The van der Waals surface area contributed by atoms with Crippen molar-refractivity contribution in [1.29, 1.82) is 0 Å². The van der Waals surface area contributed by atoms with Gasteiger partial charge in [-0.2, -0.15) is 14.3 Å². The molecule has 6 rings (SSSR count). The van der Waals surface area contributed by atoms with Crippen LogP contribution >= 0.6 is 11.6 Å². The van der Waals surface area contributed by atoms with E-state index in [0.29, 0.717) is 54.1 Å². The summed E-state index contributed by atoms with van der Waals surface area (Å²) >= 11 is 5.95. The predicted octanol–water partition coefficient (Wildman–Crippen LogP) is 4.87. The van der Waals surface area contributed by atoms with E-state index < -0.39 is 14.9 Å². The van der Waals surface area contributed by atoms with Crippen LogP contribution in [0.3, 0.4) is 0 Å². The van der Waals surface area contributed by atoms with Crippen LogP contribution in [0.15, 0.2) is 84.0 Å². The molecule has 3 aromatic carbocycles. The number of non-ortho nitro benzene ring substituents is 1. The van der Waals surface area contributed by atoms with E-state index in [9.17, 15) is 18.5 Å². The molecule has 2 aromatic heterocycles. The van der Waals surface area contributed by atoms with Crippen LogP contribution in [0.1, 0.15) is 16.7 Å². The Bertz CT molecular complexity index is 1910. The van der Waals surface area contributed by atoms with Gasteiger partial charge in [-0.05, 0) is 42.3 Å². The summed E-state index contributed by atoms with van der Waals surface area (Å²) in [5.74, 6) is 1.02. The third kappa shape index (κ3) is 6.20. The highest BCUT2D eigenvalue weighted by molar-refractivity contribution is 7.89. The van der Waals surface area contributed by atoms with Crippen molar-refractivity contribution in [3.05, 3.63) is 111 Å². The molecular formula is C30H29ClN8O4S. The van der Waals surface area contributed by atoms with Gasteiger partial charge in [0.05, 0.1) is 22.7 Å². The lowest BCUT2D eigenvalue weighted by Crippen LogP contribution is -2.49. The number of nitro benzene ring substituents is 1. The first-order valence-corrected chi connectivity index (χ1v) is 15.8. The number of nitrogens with one attached hydrogen (secondary N) is 1. The minimum absolute atomic E-state index is 0.0219. The van der Waals surface area contributed by atoms with E-state index in [2.05, 4.69) is 34.6 Å². The SMILES string of the molecule is Cc1ccc(CNc2nc(N3CCN(S(=O)(=O)c4ccc(Cl)cc4)CC3)nc3c2ncn3Cc2ccc([N+](=O)[O-])cc2)cc1. The number of anilines is 2. The first kappa shape index (κ1) is 29.5. The van der Waals surface area contributed by atoms with Crippen LogP contribution in [0.2, 0.25) is 5.02 Å². The number of halogens is 1. The summed E-state index contributed by atoms with van der Waals surface area (Å²) in [6, 6.07) is 20.7. The zero-order chi connectivity index (χ0) is 30.8. The molecule has 0 unspecified atom stereocenters. The number of aryl methyl sites for hydroxylation is 1. The fraction of sp³-hybridized carbons (Fsp3) is 0.233. The van der Waals surface area contributed by atoms with E-state index in [-0.39, 0.29) is 23.7 Å². The Kier molecular flexibility index (Phi) is 8.17. The molecule has 0 aliphatic carbocycles. The van der Waals surface area contributed by atoms with Gasteiger partial charge in [-0.1, -0.05) is 53.6 Å². The maximum atomic E-state index is 13.2. The number of sulfonamides is 1. The topological polar surface area (TPSA) is 139 Å². The first-order valence-electron chi connectivity index (χ1n) is 13.9. The predicted molar refractivity (Wildman–Crippen MR) is 168 cm³/mol. The Balaban J connectivity index is 1.28. The number of aromatic nitrogens is 4. The molecule has 0 amide bonds. The molecule has 3 heterocycles. The lowest BCUT2D eigenvalue weighted by molar-refractivity contribution is -0.384. The second-order valence-electron chi connectivity index (χ2n) is 10.5. The van der Waals surface area contributed by atoms with Crippen molar-refractivity contribution in [2.24, 2.45) is 0 Å². The monoisotopic (exact) mass is 632 g/mol. The lowest BCUT2D eigenvalue weighted by Gasteiger charge is -2.34. The minimum atomic E-state index is -3.67. The maximum Gasteiger partial charge on any atom is 0.269 e. The fourth-order valence-corrected chi connectivity index (χ4v) is 6.56. The summed E-state index contributed by atoms with van der Waals surface area (Å²) in [5.41, 5.74) is 4.31. The fourth-order valence-electron chi connectivity index (χ4n) is 5.01. The Hall–Kier alpha value is -4.59. The number of piperazine rings is 1. The van der Waals surface area contributed by atoms with Gasteiger partial charge in [0, 0.05) is 49.9 Å². The molecule has 0 saturated carbocycles. The standard InChI is InChI=1S/C30H29ClN8O4S/c1-21-2-4-22(5-3-21)18-32-28-27-29(37(20-33-27)19-23-6-10-25(11-7-23)39(40)41)35-30(34-28)36-14-16-38(17-15-36)44(42,43)26-12-8-24(31)9-13-26/h2-13,20H,14-19H2,1H3,(H,32,34,35). The van der Waals surface area contributed by atoms with Gasteiger partial charge in [-0.3, -0.25) is 10.1 Å². The van der Waals surface area contributed by atoms with Crippen LogP contribution in [0, 0.1) is 17.0 Å². The molecule has 0 radical (unpaired) electrons. The summed E-state index contributed by atoms with van der Waals surface area (Å²) in [7, 11) is -3.67. The van der Waals surface area contributed by atoms with Crippen molar-refractivity contribution in [1.82, 2.24) is 23.8 Å². The number of hydrogen-bond acceptors (Lipinski definition) is 9. The Morgan fingerprint density at radius 1 is 0.909 bits per heavy atom. The van der Waals surface area contributed by atoms with Gasteiger partial charge >= 0.3 is 0 Å². The van der Waals surface area contributed by atoms with Crippen LogP contribution < -0.4 is 10.2 Å². The Morgan fingerprint density at radius 2 is 1.57 bits per heavy atom. The number of fused-ring (bicyclic) bond motifs is 1. The molecule has 1 aliphatic heterocycles. The van der Waals surface area contributed by atoms with E-state index in [1.807, 2.05) is 16.4 Å². The summed E-state index contributed by atoms with van der Waals surface area (Å²) < 4.78 is 29.8. The number of hydrogen-bond donors (Lipinski definition) is 1. The number of nitrogens with zero attached hydrogens (tertiary/aromatic N) is 7. The maximum absolute atomic E-state index is 13.2. The second kappa shape index (κ2) is 12.2. The van der Waals surface area contributed by atoms with E-state index in [1.54, 1.807) is 30.6 Å². The van der Waals surface area contributed by atoms with Gasteiger partial charge in [-0.15, -0.1) is 0 Å². The first-order chi connectivity index (χ1) is 21.2. The van der Waals surface area contributed by atoms with Crippen molar-refractivity contribution < 1.29 is 13.3 Å². The summed E-state index contributed by atoms with van der Waals surface area (Å²) in [6.07, 6.45) is 1.68. The third-order valence-corrected chi connectivity index (χ3v) is 9.67. The highest BCUT2D eigenvalue weighted by atomic mass is 35.5. The summed E-state index contributed by atoms with van der Waals surface area (Å²) in [6.45, 7) is 4.28. The van der Waals surface area contributed by atoms with Gasteiger partial charge in [0.25, 0.3) is 5.69 Å². The molecule has 14 heteroatoms. The minimum Gasteiger partial charge on any atom is -0.364 e. The van der Waals surface area contributed by atoms with Crippen LogP contribution in [-0.2, 0) is 23.1 Å². The average Bonchev–Trinajstić information content (AvgIpc) is 3.43. The Morgan fingerprint density at radius 3 is 2.23 bits per heavy atom. The normalized spacial score (nSPS) is 14.2.